The molecule has 0 saturated carbocycles. The maximum atomic E-state index is 13.6. The molecule has 0 saturated heterocycles. The molecule has 0 fully saturated rings. The fourth-order valence-corrected chi connectivity index (χ4v) is 3.99. The van der Waals surface area contributed by atoms with Gasteiger partial charge in [0.1, 0.15) is 17.2 Å². The Bertz CT molecular complexity index is 1190. The summed E-state index contributed by atoms with van der Waals surface area (Å²) in [5.41, 5.74) is 3.12. The fourth-order valence-electron chi connectivity index (χ4n) is 3.99. The predicted molar refractivity (Wildman–Crippen MR) is 128 cm³/mol. The third-order valence-corrected chi connectivity index (χ3v) is 5.78. The normalized spacial score (nSPS) is 13.5. The van der Waals surface area contributed by atoms with E-state index in [0.29, 0.717) is 29.0 Å². The molecule has 0 radical (unpaired) electrons. The second kappa shape index (κ2) is 9.61. The van der Waals surface area contributed by atoms with Crippen molar-refractivity contribution in [2.24, 2.45) is 0 Å². The lowest BCUT2D eigenvalue weighted by Gasteiger charge is -2.21. The Labute approximate surface area is 193 Å². The van der Waals surface area contributed by atoms with Crippen molar-refractivity contribution in [3.05, 3.63) is 95.7 Å². The molecule has 2 amide bonds. The number of likely N-dealkylation sites (N-methyl/N-ethyl adjacent to an activating group) is 1. The third kappa shape index (κ3) is 4.32. The van der Waals surface area contributed by atoms with Gasteiger partial charge in [-0.2, -0.15) is 0 Å². The smallest absolute Gasteiger partial charge is 0.278 e. The van der Waals surface area contributed by atoms with Gasteiger partial charge in [-0.05, 0) is 42.3 Å². The third-order valence-electron chi connectivity index (χ3n) is 5.78. The van der Waals surface area contributed by atoms with Crippen molar-refractivity contribution in [3.8, 4) is 11.5 Å². The first-order valence-electron chi connectivity index (χ1n) is 10.7. The van der Waals surface area contributed by atoms with E-state index < -0.39 is 0 Å². The van der Waals surface area contributed by atoms with Gasteiger partial charge in [-0.15, -0.1) is 0 Å². The van der Waals surface area contributed by atoms with Gasteiger partial charge in [0.2, 0.25) is 0 Å². The SMILES string of the molecule is COc1ccc(CCN2C(=O)C(c3ccccc3OC)=C(N(C)c3ccccc3)C2=O)cc1. The van der Waals surface area contributed by atoms with Crippen molar-refractivity contribution in [1.82, 2.24) is 4.90 Å². The highest BCUT2D eigenvalue weighted by Crippen LogP contribution is 2.37. The number of methoxy groups -OCH3 is 2. The Morgan fingerprint density at radius 3 is 2.12 bits per heavy atom. The van der Waals surface area contributed by atoms with Gasteiger partial charge in [-0.1, -0.05) is 48.5 Å². The van der Waals surface area contributed by atoms with E-state index >= 15 is 0 Å². The van der Waals surface area contributed by atoms with Gasteiger partial charge < -0.3 is 14.4 Å². The minimum absolute atomic E-state index is 0.273. The molecule has 3 aromatic rings. The minimum atomic E-state index is -0.323. The van der Waals surface area contributed by atoms with Gasteiger partial charge >= 0.3 is 0 Å². The lowest BCUT2D eigenvalue weighted by atomic mass is 10.0. The molecule has 6 nitrogen and oxygen atoms in total. The zero-order valence-electron chi connectivity index (χ0n) is 18.9. The van der Waals surface area contributed by atoms with Crippen LogP contribution in [0.2, 0.25) is 0 Å². The average Bonchev–Trinajstić information content (AvgIpc) is 3.12. The topological polar surface area (TPSA) is 59.1 Å². The second-order valence-corrected chi connectivity index (χ2v) is 7.68. The van der Waals surface area contributed by atoms with Gasteiger partial charge in [-0.25, -0.2) is 0 Å². The zero-order valence-corrected chi connectivity index (χ0v) is 18.9. The lowest BCUT2D eigenvalue weighted by Crippen LogP contribution is -2.35. The summed E-state index contributed by atoms with van der Waals surface area (Å²) < 4.78 is 10.7. The van der Waals surface area contributed by atoms with Gasteiger partial charge in [0, 0.05) is 24.8 Å². The summed E-state index contributed by atoms with van der Waals surface area (Å²) in [7, 11) is 4.98. The molecule has 33 heavy (non-hydrogen) atoms. The van der Waals surface area contributed by atoms with Crippen molar-refractivity contribution in [2.75, 3.05) is 32.7 Å². The summed E-state index contributed by atoms with van der Waals surface area (Å²) in [6.45, 7) is 0.273. The summed E-state index contributed by atoms with van der Waals surface area (Å²) in [6.07, 6.45) is 0.545. The Balaban J connectivity index is 1.71. The van der Waals surface area contributed by atoms with Crippen LogP contribution < -0.4 is 14.4 Å². The van der Waals surface area contributed by atoms with E-state index in [4.69, 9.17) is 9.47 Å². The molecule has 0 bridgehead atoms. The van der Waals surface area contributed by atoms with Crippen LogP contribution in [0.25, 0.3) is 5.57 Å². The molecule has 0 aliphatic carbocycles. The van der Waals surface area contributed by atoms with Crippen LogP contribution in [0, 0.1) is 0 Å². The number of hydrogen-bond donors (Lipinski definition) is 0. The number of imide groups is 1. The first kappa shape index (κ1) is 22.1. The molecule has 0 aromatic heterocycles. The first-order valence-corrected chi connectivity index (χ1v) is 10.7. The monoisotopic (exact) mass is 442 g/mol. The number of anilines is 1. The number of ether oxygens (including phenoxy) is 2. The number of rotatable bonds is 8. The average molecular weight is 443 g/mol. The lowest BCUT2D eigenvalue weighted by molar-refractivity contribution is -0.136. The highest BCUT2D eigenvalue weighted by molar-refractivity contribution is 6.37. The highest BCUT2D eigenvalue weighted by atomic mass is 16.5. The van der Waals surface area contributed by atoms with E-state index in [1.807, 2.05) is 72.8 Å². The van der Waals surface area contributed by atoms with Gasteiger partial charge in [0.15, 0.2) is 0 Å². The summed E-state index contributed by atoms with van der Waals surface area (Å²) >= 11 is 0. The van der Waals surface area contributed by atoms with Crippen molar-refractivity contribution in [3.63, 3.8) is 0 Å². The molecule has 168 valence electrons. The Morgan fingerprint density at radius 1 is 0.788 bits per heavy atom. The molecule has 1 aliphatic rings. The van der Waals surface area contributed by atoms with Crippen molar-refractivity contribution in [2.45, 2.75) is 6.42 Å². The van der Waals surface area contributed by atoms with Crippen LogP contribution in [0.4, 0.5) is 5.69 Å². The molecule has 0 unspecified atom stereocenters. The minimum Gasteiger partial charge on any atom is -0.497 e. The van der Waals surface area contributed by atoms with Gasteiger partial charge in [0.25, 0.3) is 11.8 Å². The van der Waals surface area contributed by atoms with Crippen LogP contribution in [-0.4, -0.2) is 44.5 Å². The number of nitrogens with zero attached hydrogens (tertiary/aromatic N) is 2. The largest absolute Gasteiger partial charge is 0.497 e. The van der Waals surface area contributed by atoms with E-state index in [1.54, 1.807) is 32.2 Å². The molecule has 3 aromatic carbocycles. The van der Waals surface area contributed by atoms with Gasteiger partial charge in [-0.3, -0.25) is 14.5 Å². The molecule has 4 rings (SSSR count). The molecular formula is C27H26N2O4. The number of para-hydroxylation sites is 2. The Kier molecular flexibility index (Phi) is 6.45. The molecule has 1 heterocycles. The van der Waals surface area contributed by atoms with Crippen LogP contribution in [-0.2, 0) is 16.0 Å². The molecule has 0 spiro atoms. The van der Waals surface area contributed by atoms with Gasteiger partial charge in [0.05, 0.1) is 19.8 Å². The van der Waals surface area contributed by atoms with E-state index in [1.165, 1.54) is 4.90 Å². The van der Waals surface area contributed by atoms with Crippen LogP contribution >= 0.6 is 0 Å². The summed E-state index contributed by atoms with van der Waals surface area (Å²) in [5, 5.41) is 0. The molecule has 6 heteroatoms. The highest BCUT2D eigenvalue weighted by Gasteiger charge is 2.41. The summed E-state index contributed by atoms with van der Waals surface area (Å²) in [4.78, 5) is 30.3. The van der Waals surface area contributed by atoms with Crippen molar-refractivity contribution < 1.29 is 19.1 Å². The van der Waals surface area contributed by atoms with Crippen LogP contribution in [0.5, 0.6) is 11.5 Å². The van der Waals surface area contributed by atoms with Crippen LogP contribution in [0.1, 0.15) is 11.1 Å². The van der Waals surface area contributed by atoms with Crippen LogP contribution in [0.15, 0.2) is 84.6 Å². The van der Waals surface area contributed by atoms with Crippen LogP contribution in [0.3, 0.4) is 0 Å². The number of amides is 2. The molecule has 0 N–H and O–H groups in total. The quantitative estimate of drug-likeness (QED) is 0.490. The standard InChI is InChI=1S/C27H26N2O4/c1-28(20-9-5-4-6-10-20)25-24(22-11-7-8-12-23(22)33-3)26(30)29(27(25)31)18-17-19-13-15-21(32-2)16-14-19/h4-16H,17-18H2,1-3H3. The van der Waals surface area contributed by atoms with E-state index in [2.05, 4.69) is 0 Å². The maximum Gasteiger partial charge on any atom is 0.278 e. The number of carbonyl (C=O) groups is 2. The number of carbonyl (C=O) groups excluding carboxylic acids is 2. The molecule has 0 atom stereocenters. The van der Waals surface area contributed by atoms with Crippen molar-refractivity contribution >= 4 is 23.1 Å². The zero-order chi connectivity index (χ0) is 23.4. The van der Waals surface area contributed by atoms with E-state index in [0.717, 1.165) is 17.0 Å². The number of hydrogen-bond acceptors (Lipinski definition) is 5. The van der Waals surface area contributed by atoms with Crippen molar-refractivity contribution in [1.29, 1.82) is 0 Å². The van der Waals surface area contributed by atoms with E-state index in [-0.39, 0.29) is 18.4 Å². The first-order chi connectivity index (χ1) is 16.0. The Morgan fingerprint density at radius 2 is 1.45 bits per heavy atom. The summed E-state index contributed by atoms with van der Waals surface area (Å²) in [6, 6.07) is 24.4. The molecular weight excluding hydrogens is 416 g/mol. The number of benzene rings is 3. The maximum absolute atomic E-state index is 13.6. The fraction of sp³-hybridized carbons (Fsp3) is 0.185. The Hall–Kier alpha value is -4.06. The molecule has 1 aliphatic heterocycles. The predicted octanol–water partition coefficient (Wildman–Crippen LogP) is 4.16. The van der Waals surface area contributed by atoms with E-state index in [9.17, 15) is 9.59 Å². The second-order valence-electron chi connectivity index (χ2n) is 7.68. The summed E-state index contributed by atoms with van der Waals surface area (Å²) in [5.74, 6) is 0.667.